The number of hydrogen-bond acceptors (Lipinski definition) is 5. The van der Waals surface area contributed by atoms with Gasteiger partial charge in [0.1, 0.15) is 6.04 Å². The van der Waals surface area contributed by atoms with E-state index in [2.05, 4.69) is 15.8 Å². The maximum atomic E-state index is 12.2. The minimum absolute atomic E-state index is 0.00379. The van der Waals surface area contributed by atoms with Crippen molar-refractivity contribution in [3.8, 4) is 0 Å². The molecule has 0 bridgehead atoms. The van der Waals surface area contributed by atoms with Gasteiger partial charge in [-0.2, -0.15) is 5.10 Å². The number of rotatable bonds is 6. The number of non-ortho nitro benzene ring substituents is 1. The Morgan fingerprint density at radius 1 is 1.07 bits per heavy atom. The first-order valence-corrected chi connectivity index (χ1v) is 8.36. The lowest BCUT2D eigenvalue weighted by Gasteiger charge is -2.15. The van der Waals surface area contributed by atoms with E-state index in [4.69, 9.17) is 0 Å². The molecule has 1 amide bonds. The molecule has 0 saturated carbocycles. The SMILES string of the molecule is CC(Nc1cccc2ccccc12)C(=O)NN=Cc1ccc([N+](=O)[O-])cc1. The second-order valence-electron chi connectivity index (χ2n) is 5.98. The van der Waals surface area contributed by atoms with Crippen molar-refractivity contribution >= 4 is 34.3 Å². The standard InChI is InChI=1S/C20H18N4O3/c1-14(22-19-8-4-6-16-5-2-3-7-18(16)19)20(25)23-21-13-15-9-11-17(12-10-15)24(26)27/h2-14,22H,1H3,(H,23,25). The molecule has 0 saturated heterocycles. The molecule has 0 aromatic heterocycles. The third kappa shape index (κ3) is 4.46. The van der Waals surface area contributed by atoms with Gasteiger partial charge in [-0.15, -0.1) is 0 Å². The Morgan fingerprint density at radius 2 is 1.78 bits per heavy atom. The van der Waals surface area contributed by atoms with Gasteiger partial charge in [-0.25, -0.2) is 5.43 Å². The summed E-state index contributed by atoms with van der Waals surface area (Å²) in [5.74, 6) is -0.291. The number of nitrogens with one attached hydrogen (secondary N) is 2. The Bertz CT molecular complexity index is 994. The van der Waals surface area contributed by atoms with Gasteiger partial charge in [-0.3, -0.25) is 14.9 Å². The highest BCUT2D eigenvalue weighted by molar-refractivity contribution is 5.96. The fourth-order valence-corrected chi connectivity index (χ4v) is 2.60. The van der Waals surface area contributed by atoms with Crippen molar-refractivity contribution in [3.05, 3.63) is 82.4 Å². The molecule has 0 radical (unpaired) electrons. The van der Waals surface area contributed by atoms with Crippen molar-refractivity contribution in [1.82, 2.24) is 5.43 Å². The van der Waals surface area contributed by atoms with Crippen LogP contribution in [0.2, 0.25) is 0 Å². The van der Waals surface area contributed by atoms with Gasteiger partial charge in [0.05, 0.1) is 11.1 Å². The van der Waals surface area contributed by atoms with Gasteiger partial charge in [0.15, 0.2) is 0 Å². The lowest BCUT2D eigenvalue weighted by molar-refractivity contribution is -0.384. The number of anilines is 1. The van der Waals surface area contributed by atoms with Gasteiger partial charge < -0.3 is 5.32 Å². The molecule has 136 valence electrons. The highest BCUT2D eigenvalue weighted by Crippen LogP contribution is 2.23. The van der Waals surface area contributed by atoms with Gasteiger partial charge in [0, 0.05) is 23.2 Å². The Balaban J connectivity index is 1.61. The minimum Gasteiger partial charge on any atom is -0.373 e. The van der Waals surface area contributed by atoms with Crippen LogP contribution in [0.3, 0.4) is 0 Å². The average Bonchev–Trinajstić information content (AvgIpc) is 2.68. The molecule has 27 heavy (non-hydrogen) atoms. The molecule has 1 unspecified atom stereocenters. The second-order valence-corrected chi connectivity index (χ2v) is 5.98. The molecule has 3 aromatic carbocycles. The van der Waals surface area contributed by atoms with Crippen LogP contribution in [-0.4, -0.2) is 23.1 Å². The molecular formula is C20H18N4O3. The Labute approximate surface area is 155 Å². The van der Waals surface area contributed by atoms with E-state index in [0.717, 1.165) is 16.5 Å². The summed E-state index contributed by atoms with van der Waals surface area (Å²) in [4.78, 5) is 22.4. The molecule has 7 nitrogen and oxygen atoms in total. The highest BCUT2D eigenvalue weighted by atomic mass is 16.6. The van der Waals surface area contributed by atoms with Crippen molar-refractivity contribution in [3.63, 3.8) is 0 Å². The van der Waals surface area contributed by atoms with Crippen LogP contribution < -0.4 is 10.7 Å². The summed E-state index contributed by atoms with van der Waals surface area (Å²) >= 11 is 0. The maximum absolute atomic E-state index is 12.2. The molecule has 0 aliphatic rings. The van der Waals surface area contributed by atoms with Crippen LogP contribution in [0.5, 0.6) is 0 Å². The molecule has 0 heterocycles. The van der Waals surface area contributed by atoms with Gasteiger partial charge >= 0.3 is 0 Å². The number of amides is 1. The monoisotopic (exact) mass is 362 g/mol. The first-order chi connectivity index (χ1) is 13.0. The number of nitro benzene ring substituents is 1. The molecule has 0 fully saturated rings. The number of nitro groups is 1. The lowest BCUT2D eigenvalue weighted by atomic mass is 10.1. The largest absolute Gasteiger partial charge is 0.373 e. The van der Waals surface area contributed by atoms with Gasteiger partial charge in [-0.1, -0.05) is 36.4 Å². The van der Waals surface area contributed by atoms with Gasteiger partial charge in [0.25, 0.3) is 11.6 Å². The summed E-state index contributed by atoms with van der Waals surface area (Å²) in [6, 6.07) is 19.2. The smallest absolute Gasteiger partial charge is 0.269 e. The van der Waals surface area contributed by atoms with Crippen LogP contribution in [0.15, 0.2) is 71.8 Å². The van der Waals surface area contributed by atoms with E-state index in [9.17, 15) is 14.9 Å². The van der Waals surface area contributed by atoms with E-state index < -0.39 is 11.0 Å². The number of carbonyl (C=O) groups excluding carboxylic acids is 1. The number of fused-ring (bicyclic) bond motifs is 1. The molecule has 0 aliphatic heterocycles. The van der Waals surface area contributed by atoms with Crippen molar-refractivity contribution in [2.75, 3.05) is 5.32 Å². The number of carbonyl (C=O) groups is 1. The molecule has 0 spiro atoms. The third-order valence-corrected chi connectivity index (χ3v) is 4.05. The summed E-state index contributed by atoms with van der Waals surface area (Å²) in [6.45, 7) is 1.75. The van der Waals surface area contributed by atoms with E-state index in [-0.39, 0.29) is 11.6 Å². The van der Waals surface area contributed by atoms with Crippen LogP contribution in [0.4, 0.5) is 11.4 Å². The Kier molecular flexibility index (Phi) is 5.41. The first kappa shape index (κ1) is 18.1. The lowest BCUT2D eigenvalue weighted by Crippen LogP contribution is -2.34. The van der Waals surface area contributed by atoms with Gasteiger partial charge in [-0.05, 0) is 36.1 Å². The number of hydrogen-bond donors (Lipinski definition) is 2. The molecule has 0 aliphatic carbocycles. The topological polar surface area (TPSA) is 96.6 Å². The zero-order valence-electron chi connectivity index (χ0n) is 14.6. The Hall–Kier alpha value is -3.74. The van der Waals surface area contributed by atoms with Crippen LogP contribution >= 0.6 is 0 Å². The van der Waals surface area contributed by atoms with Crippen LogP contribution in [0.1, 0.15) is 12.5 Å². The molecule has 7 heteroatoms. The van der Waals surface area contributed by atoms with E-state index in [1.54, 1.807) is 19.1 Å². The fourth-order valence-electron chi connectivity index (χ4n) is 2.60. The third-order valence-electron chi connectivity index (χ3n) is 4.05. The van der Waals surface area contributed by atoms with E-state index in [1.807, 2.05) is 42.5 Å². The summed E-state index contributed by atoms with van der Waals surface area (Å²) < 4.78 is 0. The molecule has 2 N–H and O–H groups in total. The predicted octanol–water partition coefficient (Wildman–Crippen LogP) is 3.70. The van der Waals surface area contributed by atoms with Crippen molar-refractivity contribution in [2.45, 2.75) is 13.0 Å². The fraction of sp³-hybridized carbons (Fsp3) is 0.100. The van der Waals surface area contributed by atoms with Crippen LogP contribution in [0.25, 0.3) is 10.8 Å². The zero-order chi connectivity index (χ0) is 19.2. The molecule has 3 aromatic rings. The van der Waals surface area contributed by atoms with Gasteiger partial charge in [0.2, 0.25) is 0 Å². The predicted molar refractivity (Wildman–Crippen MR) is 106 cm³/mol. The Morgan fingerprint density at radius 3 is 2.52 bits per heavy atom. The summed E-state index contributed by atoms with van der Waals surface area (Å²) in [6.07, 6.45) is 1.44. The summed E-state index contributed by atoms with van der Waals surface area (Å²) in [5.41, 5.74) is 3.99. The van der Waals surface area contributed by atoms with Crippen LogP contribution in [-0.2, 0) is 4.79 Å². The second kappa shape index (κ2) is 8.09. The normalized spacial score (nSPS) is 12.0. The number of benzene rings is 3. The average molecular weight is 362 g/mol. The molecule has 3 rings (SSSR count). The van der Waals surface area contributed by atoms with Crippen molar-refractivity contribution in [2.24, 2.45) is 5.10 Å². The highest BCUT2D eigenvalue weighted by Gasteiger charge is 2.13. The van der Waals surface area contributed by atoms with E-state index in [1.165, 1.54) is 18.3 Å². The summed E-state index contributed by atoms with van der Waals surface area (Å²) in [7, 11) is 0. The van der Waals surface area contributed by atoms with Crippen LogP contribution in [0, 0.1) is 10.1 Å². The summed E-state index contributed by atoms with van der Waals surface area (Å²) in [5, 5.41) is 19.9. The number of nitrogens with zero attached hydrogens (tertiary/aromatic N) is 2. The quantitative estimate of drug-likeness (QED) is 0.397. The van der Waals surface area contributed by atoms with E-state index >= 15 is 0 Å². The maximum Gasteiger partial charge on any atom is 0.269 e. The molecule has 1 atom stereocenters. The minimum atomic E-state index is -0.496. The van der Waals surface area contributed by atoms with Crippen molar-refractivity contribution < 1.29 is 9.72 Å². The molecular weight excluding hydrogens is 344 g/mol. The zero-order valence-corrected chi connectivity index (χ0v) is 14.6. The number of hydrazone groups is 1. The van der Waals surface area contributed by atoms with Crippen molar-refractivity contribution in [1.29, 1.82) is 0 Å². The van der Waals surface area contributed by atoms with E-state index in [0.29, 0.717) is 5.56 Å². The first-order valence-electron chi connectivity index (χ1n) is 8.36.